The van der Waals surface area contributed by atoms with E-state index in [-0.39, 0.29) is 41.0 Å². The van der Waals surface area contributed by atoms with E-state index in [1.165, 1.54) is 23.8 Å². The SMILES string of the molecule is CC(C)=CCC[C@@]1(C)C=Cc2c(cc3c(c2O)C(=O)[C@H](c2ccc(O)cc2O)CO3)O1. The van der Waals surface area contributed by atoms with Crippen molar-refractivity contribution in [2.75, 3.05) is 6.61 Å². The second-order valence-electron chi connectivity index (χ2n) is 8.55. The number of ketones is 1. The largest absolute Gasteiger partial charge is 0.508 e. The van der Waals surface area contributed by atoms with Gasteiger partial charge in [0.25, 0.3) is 0 Å². The summed E-state index contributed by atoms with van der Waals surface area (Å²) in [5, 5.41) is 30.6. The van der Waals surface area contributed by atoms with E-state index < -0.39 is 11.5 Å². The van der Waals surface area contributed by atoms with Gasteiger partial charge in [-0.15, -0.1) is 0 Å². The number of carbonyl (C=O) groups is 1. The number of phenols is 3. The number of carbonyl (C=O) groups excluding carboxylic acids is 1. The maximum atomic E-state index is 13.2. The Labute approximate surface area is 181 Å². The maximum absolute atomic E-state index is 13.2. The van der Waals surface area contributed by atoms with Crippen molar-refractivity contribution in [3.63, 3.8) is 0 Å². The van der Waals surface area contributed by atoms with Crippen LogP contribution in [-0.2, 0) is 0 Å². The van der Waals surface area contributed by atoms with Gasteiger partial charge in [0.15, 0.2) is 5.78 Å². The average molecular weight is 422 g/mol. The summed E-state index contributed by atoms with van der Waals surface area (Å²) in [6.07, 6.45) is 7.47. The number of Topliss-reactive ketones (excluding diaryl/α,β-unsaturated/α-hetero) is 1. The quantitative estimate of drug-likeness (QED) is 0.595. The number of phenolic OH excluding ortho intramolecular Hbond substituents is 3. The summed E-state index contributed by atoms with van der Waals surface area (Å²) in [6, 6.07) is 5.71. The predicted octanol–water partition coefficient (Wildman–Crippen LogP) is 5.07. The van der Waals surface area contributed by atoms with E-state index in [1.807, 2.05) is 13.0 Å². The second kappa shape index (κ2) is 7.69. The first-order valence-electron chi connectivity index (χ1n) is 10.3. The van der Waals surface area contributed by atoms with Crippen LogP contribution >= 0.6 is 0 Å². The highest BCUT2D eigenvalue weighted by molar-refractivity contribution is 6.08. The summed E-state index contributed by atoms with van der Waals surface area (Å²) in [6.45, 7) is 6.10. The van der Waals surface area contributed by atoms with Crippen molar-refractivity contribution in [2.24, 2.45) is 0 Å². The monoisotopic (exact) mass is 422 g/mol. The normalized spacial score (nSPS) is 21.5. The Morgan fingerprint density at radius 2 is 1.97 bits per heavy atom. The van der Waals surface area contributed by atoms with Crippen molar-refractivity contribution in [3.8, 4) is 28.7 Å². The van der Waals surface area contributed by atoms with E-state index in [0.717, 1.165) is 12.8 Å². The van der Waals surface area contributed by atoms with Gasteiger partial charge in [-0.3, -0.25) is 4.79 Å². The highest BCUT2D eigenvalue weighted by atomic mass is 16.5. The molecule has 0 radical (unpaired) electrons. The van der Waals surface area contributed by atoms with Gasteiger partial charge in [0, 0.05) is 17.7 Å². The molecule has 6 heteroatoms. The molecule has 0 saturated heterocycles. The molecular weight excluding hydrogens is 396 g/mol. The zero-order chi connectivity index (χ0) is 22.3. The van der Waals surface area contributed by atoms with Crippen LogP contribution in [0.25, 0.3) is 6.08 Å². The Morgan fingerprint density at radius 1 is 1.19 bits per heavy atom. The fourth-order valence-corrected chi connectivity index (χ4v) is 4.04. The molecule has 4 rings (SSSR count). The third-order valence-electron chi connectivity index (χ3n) is 5.76. The van der Waals surface area contributed by atoms with Crippen LogP contribution in [0, 0.1) is 0 Å². The van der Waals surface area contributed by atoms with Crippen LogP contribution in [0.3, 0.4) is 0 Å². The highest BCUT2D eigenvalue weighted by Gasteiger charge is 2.38. The number of rotatable bonds is 4. The Hall–Kier alpha value is -3.41. The van der Waals surface area contributed by atoms with Crippen molar-refractivity contribution in [1.29, 1.82) is 0 Å². The van der Waals surface area contributed by atoms with Crippen molar-refractivity contribution >= 4 is 11.9 Å². The summed E-state index contributed by atoms with van der Waals surface area (Å²) < 4.78 is 12.0. The molecule has 31 heavy (non-hydrogen) atoms. The number of hydrogen-bond acceptors (Lipinski definition) is 6. The molecule has 0 unspecified atom stereocenters. The van der Waals surface area contributed by atoms with Crippen LogP contribution in [-0.4, -0.2) is 33.3 Å². The lowest BCUT2D eigenvalue weighted by Gasteiger charge is -2.33. The number of benzene rings is 2. The molecule has 162 valence electrons. The molecule has 0 saturated carbocycles. The molecule has 0 aliphatic carbocycles. The zero-order valence-corrected chi connectivity index (χ0v) is 17.8. The lowest BCUT2D eigenvalue weighted by atomic mass is 9.86. The maximum Gasteiger partial charge on any atom is 0.181 e. The van der Waals surface area contributed by atoms with E-state index in [1.54, 1.807) is 12.1 Å². The Morgan fingerprint density at radius 3 is 2.68 bits per heavy atom. The summed E-state index contributed by atoms with van der Waals surface area (Å²) >= 11 is 0. The highest BCUT2D eigenvalue weighted by Crippen LogP contribution is 2.48. The number of hydrogen-bond donors (Lipinski definition) is 3. The van der Waals surface area contributed by atoms with Gasteiger partial charge in [-0.2, -0.15) is 0 Å². The van der Waals surface area contributed by atoms with Crippen molar-refractivity contribution < 1.29 is 29.6 Å². The summed E-state index contributed by atoms with van der Waals surface area (Å²) in [4.78, 5) is 13.2. The van der Waals surface area contributed by atoms with Crippen molar-refractivity contribution in [3.05, 3.63) is 58.7 Å². The predicted molar refractivity (Wildman–Crippen MR) is 117 cm³/mol. The average Bonchev–Trinajstić information content (AvgIpc) is 2.68. The van der Waals surface area contributed by atoms with Gasteiger partial charge in [0.2, 0.25) is 0 Å². The minimum Gasteiger partial charge on any atom is -0.508 e. The summed E-state index contributed by atoms with van der Waals surface area (Å²) in [5.41, 5.74) is 1.56. The van der Waals surface area contributed by atoms with E-state index >= 15 is 0 Å². The molecular formula is C25H26O6. The molecule has 0 bridgehead atoms. The fourth-order valence-electron chi connectivity index (χ4n) is 4.04. The molecule has 2 aromatic rings. The van der Waals surface area contributed by atoms with Crippen molar-refractivity contribution in [2.45, 2.75) is 45.1 Å². The Bertz CT molecular complexity index is 1110. The van der Waals surface area contributed by atoms with Crippen LogP contribution in [0.5, 0.6) is 28.7 Å². The first kappa shape index (κ1) is 20.8. The lowest BCUT2D eigenvalue weighted by molar-refractivity contribution is 0.0887. The van der Waals surface area contributed by atoms with Gasteiger partial charge >= 0.3 is 0 Å². The topological polar surface area (TPSA) is 96.2 Å². The summed E-state index contributed by atoms with van der Waals surface area (Å²) in [5.74, 6) is -0.901. The molecule has 0 fully saturated rings. The molecule has 0 amide bonds. The van der Waals surface area contributed by atoms with Gasteiger partial charge < -0.3 is 24.8 Å². The number of fused-ring (bicyclic) bond motifs is 2. The van der Waals surface area contributed by atoms with Gasteiger partial charge in [-0.25, -0.2) is 0 Å². The number of ether oxygens (including phenoxy) is 2. The Balaban J connectivity index is 1.66. The third kappa shape index (κ3) is 3.85. The lowest BCUT2D eigenvalue weighted by Crippen LogP contribution is -2.32. The first-order valence-corrected chi connectivity index (χ1v) is 10.3. The van der Waals surface area contributed by atoms with E-state index in [2.05, 4.69) is 19.9 Å². The molecule has 3 N–H and O–H groups in total. The standard InChI is InChI=1S/C25H26O6/c1-14(2)5-4-9-25(3)10-8-17-20(31-25)12-21-22(23(17)28)24(29)18(13-30-21)16-7-6-15(26)11-19(16)27/h5-8,10-12,18,26-28H,4,9,13H2,1-3H3/t18-,25-/m0/s1. The number of allylic oxidation sites excluding steroid dienone is 2. The second-order valence-corrected chi connectivity index (χ2v) is 8.55. The molecule has 2 atom stereocenters. The minimum atomic E-state index is -0.792. The number of aromatic hydroxyl groups is 3. The van der Waals surface area contributed by atoms with Gasteiger partial charge in [-0.1, -0.05) is 17.7 Å². The molecule has 0 aromatic heterocycles. The van der Waals surface area contributed by atoms with Crippen LogP contribution in [0.15, 0.2) is 42.0 Å². The van der Waals surface area contributed by atoms with Gasteiger partial charge in [0.1, 0.15) is 46.5 Å². The van der Waals surface area contributed by atoms with Crippen molar-refractivity contribution in [1.82, 2.24) is 0 Å². The Kier molecular flexibility index (Phi) is 5.17. The van der Waals surface area contributed by atoms with E-state index in [4.69, 9.17) is 9.47 Å². The molecule has 2 aromatic carbocycles. The summed E-state index contributed by atoms with van der Waals surface area (Å²) in [7, 11) is 0. The molecule has 6 nitrogen and oxygen atoms in total. The van der Waals surface area contributed by atoms with Gasteiger partial charge in [0.05, 0.1) is 11.5 Å². The van der Waals surface area contributed by atoms with Crippen LogP contribution < -0.4 is 9.47 Å². The third-order valence-corrected chi connectivity index (χ3v) is 5.76. The molecule has 2 aliphatic rings. The van der Waals surface area contributed by atoms with Crippen LogP contribution in [0.4, 0.5) is 0 Å². The smallest absolute Gasteiger partial charge is 0.181 e. The van der Waals surface area contributed by atoms with Crippen LogP contribution in [0.1, 0.15) is 61.0 Å². The first-order chi connectivity index (χ1) is 14.7. The molecule has 2 aliphatic heterocycles. The van der Waals surface area contributed by atoms with E-state index in [0.29, 0.717) is 16.9 Å². The van der Waals surface area contributed by atoms with Gasteiger partial charge in [-0.05, 0) is 51.8 Å². The van der Waals surface area contributed by atoms with E-state index in [9.17, 15) is 20.1 Å². The zero-order valence-electron chi connectivity index (χ0n) is 17.8. The minimum absolute atomic E-state index is 0.00999. The fraction of sp³-hybridized carbons (Fsp3) is 0.320. The molecule has 2 heterocycles. The molecule has 0 spiro atoms. The van der Waals surface area contributed by atoms with Crippen LogP contribution in [0.2, 0.25) is 0 Å².